The Morgan fingerprint density at radius 1 is 1.31 bits per heavy atom. The van der Waals surface area contributed by atoms with Crippen LogP contribution in [0.3, 0.4) is 0 Å². The molecule has 0 aliphatic rings. The van der Waals surface area contributed by atoms with Gasteiger partial charge in [0.05, 0.1) is 31.9 Å². The smallest absolute Gasteiger partial charge is 0.139 e. The molecule has 1 heterocycles. The zero-order valence-corrected chi connectivity index (χ0v) is 12.3. The highest BCUT2D eigenvalue weighted by molar-refractivity contribution is 14.1. The van der Waals surface area contributed by atoms with Crippen molar-refractivity contribution in [2.24, 2.45) is 0 Å². The van der Waals surface area contributed by atoms with E-state index in [1.165, 1.54) is 0 Å². The molecule has 0 fully saturated rings. The van der Waals surface area contributed by atoms with Gasteiger partial charge in [0, 0.05) is 11.5 Å². The van der Waals surface area contributed by atoms with E-state index in [4.69, 9.17) is 27.9 Å². The standard InChI is InChI=1S/C11H8Cl2INO/c1-5-11(14)10(13)6-3-7(12)9(16-2)4-8(6)15-5/h3-4H,1-2H3. The van der Waals surface area contributed by atoms with Crippen LogP contribution in [0.4, 0.5) is 0 Å². The molecule has 0 saturated carbocycles. The highest BCUT2D eigenvalue weighted by Crippen LogP contribution is 2.35. The molecular weight excluding hydrogens is 360 g/mol. The van der Waals surface area contributed by atoms with Crippen LogP contribution in [0.5, 0.6) is 5.75 Å². The second kappa shape index (κ2) is 4.55. The largest absolute Gasteiger partial charge is 0.495 e. The summed E-state index contributed by atoms with van der Waals surface area (Å²) in [5.41, 5.74) is 1.70. The van der Waals surface area contributed by atoms with E-state index in [9.17, 15) is 0 Å². The number of methoxy groups -OCH3 is 1. The Morgan fingerprint density at radius 2 is 2.00 bits per heavy atom. The summed E-state index contributed by atoms with van der Waals surface area (Å²) in [5, 5.41) is 2.08. The van der Waals surface area contributed by atoms with Crippen molar-refractivity contribution in [2.45, 2.75) is 6.92 Å². The van der Waals surface area contributed by atoms with Crippen molar-refractivity contribution in [3.05, 3.63) is 31.4 Å². The molecule has 0 unspecified atom stereocenters. The van der Waals surface area contributed by atoms with Crippen LogP contribution >= 0.6 is 45.8 Å². The van der Waals surface area contributed by atoms with Gasteiger partial charge in [-0.1, -0.05) is 23.2 Å². The van der Waals surface area contributed by atoms with E-state index in [1.807, 2.05) is 6.92 Å². The Kier molecular flexibility index (Phi) is 3.47. The third-order valence-electron chi connectivity index (χ3n) is 2.31. The van der Waals surface area contributed by atoms with Crippen molar-refractivity contribution in [3.63, 3.8) is 0 Å². The Balaban J connectivity index is 2.86. The minimum atomic E-state index is 0.540. The molecule has 2 rings (SSSR count). The molecule has 0 N–H and O–H groups in total. The van der Waals surface area contributed by atoms with Crippen LogP contribution < -0.4 is 4.74 Å². The number of rotatable bonds is 1. The van der Waals surface area contributed by atoms with Gasteiger partial charge in [0.15, 0.2) is 0 Å². The van der Waals surface area contributed by atoms with E-state index >= 15 is 0 Å². The number of aryl methyl sites for hydroxylation is 1. The molecule has 0 saturated heterocycles. The minimum Gasteiger partial charge on any atom is -0.495 e. The maximum atomic E-state index is 6.25. The maximum Gasteiger partial charge on any atom is 0.139 e. The predicted octanol–water partition coefficient (Wildman–Crippen LogP) is 4.46. The van der Waals surface area contributed by atoms with Gasteiger partial charge in [0.1, 0.15) is 5.75 Å². The average Bonchev–Trinajstić information content (AvgIpc) is 2.27. The highest BCUT2D eigenvalue weighted by Gasteiger charge is 2.11. The summed E-state index contributed by atoms with van der Waals surface area (Å²) < 4.78 is 6.10. The first-order chi connectivity index (χ1) is 7.54. The van der Waals surface area contributed by atoms with Crippen molar-refractivity contribution in [1.82, 2.24) is 4.98 Å². The molecule has 0 aliphatic carbocycles. The van der Waals surface area contributed by atoms with E-state index in [1.54, 1.807) is 19.2 Å². The fraction of sp³-hybridized carbons (Fsp3) is 0.182. The van der Waals surface area contributed by atoms with Crippen LogP contribution in [0, 0.1) is 10.5 Å². The van der Waals surface area contributed by atoms with Gasteiger partial charge in [0.25, 0.3) is 0 Å². The summed E-state index contributed by atoms with van der Waals surface area (Å²) in [4.78, 5) is 4.46. The maximum absolute atomic E-state index is 6.25. The van der Waals surface area contributed by atoms with Crippen molar-refractivity contribution in [3.8, 4) is 5.75 Å². The molecule has 0 bridgehead atoms. The number of hydrogen-bond acceptors (Lipinski definition) is 2. The van der Waals surface area contributed by atoms with Gasteiger partial charge in [0.2, 0.25) is 0 Å². The van der Waals surface area contributed by atoms with Crippen LogP contribution in [0.2, 0.25) is 10.0 Å². The molecule has 0 aliphatic heterocycles. The molecule has 1 aromatic heterocycles. The molecule has 0 spiro atoms. The van der Waals surface area contributed by atoms with Gasteiger partial charge in [-0.3, -0.25) is 4.98 Å². The van der Waals surface area contributed by atoms with E-state index in [2.05, 4.69) is 27.6 Å². The molecule has 16 heavy (non-hydrogen) atoms. The topological polar surface area (TPSA) is 22.1 Å². The van der Waals surface area contributed by atoms with Gasteiger partial charge in [-0.2, -0.15) is 0 Å². The van der Waals surface area contributed by atoms with Gasteiger partial charge in [-0.25, -0.2) is 0 Å². The predicted molar refractivity (Wildman–Crippen MR) is 75.8 cm³/mol. The summed E-state index contributed by atoms with van der Waals surface area (Å²) in [6.07, 6.45) is 0. The van der Waals surface area contributed by atoms with E-state index in [-0.39, 0.29) is 0 Å². The molecule has 2 nitrogen and oxygen atoms in total. The molecule has 0 amide bonds. The molecule has 84 valence electrons. The third-order valence-corrected chi connectivity index (χ3v) is 4.63. The lowest BCUT2D eigenvalue weighted by molar-refractivity contribution is 0.415. The number of fused-ring (bicyclic) bond motifs is 1. The molecular formula is C11H8Cl2INO. The lowest BCUT2D eigenvalue weighted by atomic mass is 10.2. The summed E-state index contributed by atoms with van der Waals surface area (Å²) in [5.74, 6) is 0.610. The van der Waals surface area contributed by atoms with E-state index in [0.717, 1.165) is 20.2 Å². The Hall–Kier alpha value is -0.260. The normalized spacial score (nSPS) is 10.8. The summed E-state index contributed by atoms with van der Waals surface area (Å²) in [7, 11) is 1.58. The number of ether oxygens (including phenoxy) is 1. The number of hydrogen-bond donors (Lipinski definition) is 0. The number of halogens is 3. The van der Waals surface area contributed by atoms with Gasteiger partial charge < -0.3 is 4.74 Å². The monoisotopic (exact) mass is 367 g/mol. The summed E-state index contributed by atoms with van der Waals surface area (Å²) >= 11 is 14.5. The van der Waals surface area contributed by atoms with Crippen LogP contribution in [-0.4, -0.2) is 12.1 Å². The van der Waals surface area contributed by atoms with Crippen molar-refractivity contribution >= 4 is 56.7 Å². The molecule has 2 aromatic rings. The summed E-state index contributed by atoms with van der Waals surface area (Å²) in [6.45, 7) is 1.92. The fourth-order valence-corrected chi connectivity index (χ4v) is 2.41. The first-order valence-electron chi connectivity index (χ1n) is 4.53. The average molecular weight is 368 g/mol. The Labute approximate surface area is 117 Å². The molecule has 1 aromatic carbocycles. The zero-order valence-electron chi connectivity index (χ0n) is 8.64. The zero-order chi connectivity index (χ0) is 11.9. The second-order valence-corrected chi connectivity index (χ2v) is 5.19. The first-order valence-corrected chi connectivity index (χ1v) is 6.37. The Bertz CT molecular complexity index is 572. The second-order valence-electron chi connectivity index (χ2n) is 3.33. The van der Waals surface area contributed by atoms with Crippen molar-refractivity contribution < 1.29 is 4.74 Å². The van der Waals surface area contributed by atoms with Gasteiger partial charge in [-0.15, -0.1) is 0 Å². The quantitative estimate of drug-likeness (QED) is 0.694. The fourth-order valence-electron chi connectivity index (χ4n) is 1.47. The lowest BCUT2D eigenvalue weighted by Gasteiger charge is -2.09. The Morgan fingerprint density at radius 3 is 2.62 bits per heavy atom. The highest BCUT2D eigenvalue weighted by atomic mass is 127. The molecule has 0 radical (unpaired) electrons. The van der Waals surface area contributed by atoms with Gasteiger partial charge in [-0.05, 0) is 35.6 Å². The minimum absolute atomic E-state index is 0.540. The van der Waals surface area contributed by atoms with E-state index < -0.39 is 0 Å². The van der Waals surface area contributed by atoms with Crippen molar-refractivity contribution in [1.29, 1.82) is 0 Å². The molecule has 0 atom stereocenters. The third kappa shape index (κ3) is 1.96. The number of nitrogens with zero attached hydrogens (tertiary/aromatic N) is 1. The van der Waals surface area contributed by atoms with Crippen LogP contribution in [0.1, 0.15) is 5.69 Å². The van der Waals surface area contributed by atoms with Gasteiger partial charge >= 0.3 is 0 Å². The SMILES string of the molecule is COc1cc2nc(C)c(I)c(Cl)c2cc1Cl. The first kappa shape index (κ1) is 12.2. The number of aromatic nitrogens is 1. The number of pyridine rings is 1. The summed E-state index contributed by atoms with van der Waals surface area (Å²) in [6, 6.07) is 3.58. The van der Waals surface area contributed by atoms with Crippen LogP contribution in [0.15, 0.2) is 12.1 Å². The van der Waals surface area contributed by atoms with Crippen molar-refractivity contribution in [2.75, 3.05) is 7.11 Å². The van der Waals surface area contributed by atoms with Crippen LogP contribution in [0.25, 0.3) is 10.9 Å². The molecule has 5 heteroatoms. The van der Waals surface area contributed by atoms with Crippen LogP contribution in [-0.2, 0) is 0 Å². The van der Waals surface area contributed by atoms with E-state index in [0.29, 0.717) is 15.8 Å². The lowest BCUT2D eigenvalue weighted by Crippen LogP contribution is -1.92. The number of benzene rings is 1.